The Labute approximate surface area is 141 Å². The third-order valence-electron chi connectivity index (χ3n) is 2.96. The van der Waals surface area contributed by atoms with Gasteiger partial charge in [-0.25, -0.2) is 4.68 Å². The average Bonchev–Trinajstić information content (AvgIpc) is 3.06. The molecule has 0 atom stereocenters. The Kier molecular flexibility index (Phi) is 4.20. The van der Waals surface area contributed by atoms with Gasteiger partial charge in [0.2, 0.25) is 0 Å². The van der Waals surface area contributed by atoms with Crippen LogP contribution in [0.3, 0.4) is 0 Å². The van der Waals surface area contributed by atoms with E-state index < -0.39 is 0 Å². The third-order valence-corrected chi connectivity index (χ3v) is 4.24. The van der Waals surface area contributed by atoms with E-state index in [-0.39, 0.29) is 5.91 Å². The molecular formula is C15H11Cl2N3OS. The fourth-order valence-corrected chi connectivity index (χ4v) is 3.28. The van der Waals surface area contributed by atoms with Gasteiger partial charge < -0.3 is 5.32 Å². The molecule has 0 radical (unpaired) electrons. The number of anilines is 1. The van der Waals surface area contributed by atoms with Crippen molar-refractivity contribution in [2.24, 2.45) is 0 Å². The Hall–Kier alpha value is -1.82. The van der Waals surface area contributed by atoms with Gasteiger partial charge in [-0.05, 0) is 48.7 Å². The number of thiophene rings is 1. The van der Waals surface area contributed by atoms with E-state index in [0.717, 1.165) is 10.7 Å². The van der Waals surface area contributed by atoms with E-state index in [1.807, 2.05) is 24.4 Å². The van der Waals surface area contributed by atoms with Crippen molar-refractivity contribution in [3.63, 3.8) is 0 Å². The first-order valence-corrected chi connectivity index (χ1v) is 8.04. The molecule has 0 unspecified atom stereocenters. The zero-order chi connectivity index (χ0) is 15.7. The van der Waals surface area contributed by atoms with Crippen LogP contribution in [0.2, 0.25) is 10.0 Å². The van der Waals surface area contributed by atoms with E-state index in [9.17, 15) is 4.79 Å². The molecule has 4 nitrogen and oxygen atoms in total. The monoisotopic (exact) mass is 351 g/mol. The fourth-order valence-electron chi connectivity index (χ4n) is 2.02. The lowest BCUT2D eigenvalue weighted by Gasteiger charge is -2.04. The summed E-state index contributed by atoms with van der Waals surface area (Å²) < 4.78 is 1.74. The number of hydrogen-bond acceptors (Lipinski definition) is 3. The highest BCUT2D eigenvalue weighted by Gasteiger charge is 2.14. The zero-order valence-corrected chi connectivity index (χ0v) is 13.8. The van der Waals surface area contributed by atoms with Crippen LogP contribution in [0.25, 0.3) is 5.00 Å². The summed E-state index contributed by atoms with van der Waals surface area (Å²) in [5.41, 5.74) is 1.75. The molecule has 0 saturated carbocycles. The van der Waals surface area contributed by atoms with Crippen LogP contribution < -0.4 is 5.32 Å². The van der Waals surface area contributed by atoms with Crippen LogP contribution in [-0.4, -0.2) is 15.7 Å². The van der Waals surface area contributed by atoms with Crippen LogP contribution in [0.1, 0.15) is 16.2 Å². The summed E-state index contributed by atoms with van der Waals surface area (Å²) in [6.07, 6.45) is 0. The molecule has 22 heavy (non-hydrogen) atoms. The molecule has 0 spiro atoms. The molecule has 0 bridgehead atoms. The second kappa shape index (κ2) is 6.12. The SMILES string of the molecule is Cc1cc(C(=O)Nc2cc(Cl)cc(Cl)c2)nn1-c1cccs1. The van der Waals surface area contributed by atoms with E-state index in [2.05, 4.69) is 10.4 Å². The quantitative estimate of drug-likeness (QED) is 0.736. The number of halogens is 2. The number of aryl methyl sites for hydroxylation is 1. The molecule has 2 aromatic heterocycles. The third kappa shape index (κ3) is 3.16. The minimum atomic E-state index is -0.309. The lowest BCUT2D eigenvalue weighted by atomic mass is 10.3. The molecule has 1 amide bonds. The van der Waals surface area contributed by atoms with Crippen molar-refractivity contribution in [2.75, 3.05) is 5.32 Å². The Bertz CT molecular complexity index is 807. The van der Waals surface area contributed by atoms with Gasteiger partial charge in [0, 0.05) is 21.4 Å². The highest BCUT2D eigenvalue weighted by atomic mass is 35.5. The molecule has 0 fully saturated rings. The lowest BCUT2D eigenvalue weighted by molar-refractivity contribution is 0.102. The van der Waals surface area contributed by atoms with Gasteiger partial charge in [0.1, 0.15) is 5.00 Å². The Morgan fingerprint density at radius 3 is 2.59 bits per heavy atom. The molecule has 1 aromatic carbocycles. The number of carbonyl (C=O) groups is 1. The molecule has 1 N–H and O–H groups in total. The van der Waals surface area contributed by atoms with Gasteiger partial charge in [0.25, 0.3) is 5.91 Å². The first-order valence-electron chi connectivity index (χ1n) is 6.41. The minimum absolute atomic E-state index is 0.309. The number of nitrogens with one attached hydrogen (secondary N) is 1. The first-order chi connectivity index (χ1) is 10.5. The molecule has 112 valence electrons. The fraction of sp³-hybridized carbons (Fsp3) is 0.0667. The van der Waals surface area contributed by atoms with Gasteiger partial charge in [0.05, 0.1) is 0 Å². The number of amides is 1. The van der Waals surface area contributed by atoms with Crippen molar-refractivity contribution in [3.8, 4) is 5.00 Å². The number of aromatic nitrogens is 2. The summed E-state index contributed by atoms with van der Waals surface area (Å²) in [6.45, 7) is 1.90. The van der Waals surface area contributed by atoms with Crippen LogP contribution in [-0.2, 0) is 0 Å². The van der Waals surface area contributed by atoms with Gasteiger partial charge in [-0.1, -0.05) is 23.2 Å². The van der Waals surface area contributed by atoms with Crippen molar-refractivity contribution in [1.29, 1.82) is 0 Å². The van der Waals surface area contributed by atoms with E-state index >= 15 is 0 Å². The number of benzene rings is 1. The van der Waals surface area contributed by atoms with Crippen LogP contribution >= 0.6 is 34.5 Å². The van der Waals surface area contributed by atoms with Crippen molar-refractivity contribution < 1.29 is 4.79 Å². The van der Waals surface area contributed by atoms with Gasteiger partial charge in [-0.2, -0.15) is 5.10 Å². The number of rotatable bonds is 3. The maximum Gasteiger partial charge on any atom is 0.276 e. The molecule has 3 rings (SSSR count). The Balaban J connectivity index is 1.85. The number of hydrogen-bond donors (Lipinski definition) is 1. The van der Waals surface area contributed by atoms with E-state index in [1.54, 1.807) is 40.3 Å². The number of nitrogens with zero attached hydrogens (tertiary/aromatic N) is 2. The highest BCUT2D eigenvalue weighted by Crippen LogP contribution is 2.23. The maximum absolute atomic E-state index is 12.3. The molecule has 0 saturated heterocycles. The van der Waals surface area contributed by atoms with Crippen molar-refractivity contribution in [1.82, 2.24) is 9.78 Å². The Morgan fingerprint density at radius 2 is 1.95 bits per heavy atom. The summed E-state index contributed by atoms with van der Waals surface area (Å²) in [5, 5.41) is 10.9. The molecule has 0 aliphatic rings. The lowest BCUT2D eigenvalue weighted by Crippen LogP contribution is -2.13. The van der Waals surface area contributed by atoms with Gasteiger partial charge in [-0.15, -0.1) is 11.3 Å². The van der Waals surface area contributed by atoms with Gasteiger partial charge in [0.15, 0.2) is 5.69 Å². The topological polar surface area (TPSA) is 46.9 Å². The molecule has 0 aliphatic heterocycles. The maximum atomic E-state index is 12.3. The molecule has 0 aliphatic carbocycles. The summed E-state index contributed by atoms with van der Waals surface area (Å²) in [7, 11) is 0. The van der Waals surface area contributed by atoms with Crippen LogP contribution in [0.15, 0.2) is 41.8 Å². The standard InChI is InChI=1S/C15H11Cl2N3OS/c1-9-5-13(19-20(9)14-3-2-4-22-14)15(21)18-12-7-10(16)6-11(17)8-12/h2-8H,1H3,(H,18,21). The van der Waals surface area contributed by atoms with Crippen LogP contribution in [0.4, 0.5) is 5.69 Å². The Morgan fingerprint density at radius 1 is 1.23 bits per heavy atom. The molecule has 7 heteroatoms. The molecular weight excluding hydrogens is 341 g/mol. The normalized spacial score (nSPS) is 10.7. The zero-order valence-electron chi connectivity index (χ0n) is 11.5. The summed E-state index contributed by atoms with van der Waals surface area (Å²) in [4.78, 5) is 12.3. The highest BCUT2D eigenvalue weighted by molar-refractivity contribution is 7.12. The predicted molar refractivity (Wildman–Crippen MR) is 90.6 cm³/mol. The van der Waals surface area contributed by atoms with Crippen LogP contribution in [0, 0.1) is 6.92 Å². The van der Waals surface area contributed by atoms with E-state index in [0.29, 0.717) is 21.4 Å². The van der Waals surface area contributed by atoms with Gasteiger partial charge in [-0.3, -0.25) is 4.79 Å². The summed E-state index contributed by atoms with van der Waals surface area (Å²) >= 11 is 13.4. The smallest absolute Gasteiger partial charge is 0.276 e. The van der Waals surface area contributed by atoms with Crippen LogP contribution in [0.5, 0.6) is 0 Å². The summed E-state index contributed by atoms with van der Waals surface area (Å²) in [6, 6.07) is 10.5. The average molecular weight is 352 g/mol. The second-order valence-electron chi connectivity index (χ2n) is 4.65. The van der Waals surface area contributed by atoms with Crippen molar-refractivity contribution in [3.05, 3.63) is 63.2 Å². The predicted octanol–water partition coefficient (Wildman–Crippen LogP) is 4.80. The first kappa shape index (κ1) is 15.1. The number of carbonyl (C=O) groups excluding carboxylic acids is 1. The minimum Gasteiger partial charge on any atom is -0.320 e. The van der Waals surface area contributed by atoms with Gasteiger partial charge >= 0.3 is 0 Å². The molecule has 3 aromatic rings. The second-order valence-corrected chi connectivity index (χ2v) is 6.45. The van der Waals surface area contributed by atoms with E-state index in [1.165, 1.54) is 0 Å². The van der Waals surface area contributed by atoms with Crippen molar-refractivity contribution in [2.45, 2.75) is 6.92 Å². The summed E-state index contributed by atoms with van der Waals surface area (Å²) in [5.74, 6) is -0.309. The molecule has 2 heterocycles. The van der Waals surface area contributed by atoms with E-state index in [4.69, 9.17) is 23.2 Å². The van der Waals surface area contributed by atoms with Crippen molar-refractivity contribution >= 4 is 46.1 Å². The largest absolute Gasteiger partial charge is 0.320 e.